The van der Waals surface area contributed by atoms with Crippen molar-refractivity contribution in [3.8, 4) is 0 Å². The van der Waals surface area contributed by atoms with Gasteiger partial charge in [0.15, 0.2) is 0 Å². The molecule has 112 valence electrons. The molecule has 0 saturated heterocycles. The number of hydrogen-bond donors (Lipinski definition) is 2. The van der Waals surface area contributed by atoms with Gasteiger partial charge in [-0.05, 0) is 25.7 Å². The molecule has 0 aliphatic heterocycles. The van der Waals surface area contributed by atoms with Crippen LogP contribution in [0, 0.1) is 5.92 Å². The van der Waals surface area contributed by atoms with Crippen molar-refractivity contribution in [1.29, 1.82) is 0 Å². The molecule has 0 heterocycles. The lowest BCUT2D eigenvalue weighted by molar-refractivity contribution is -0.142. The van der Waals surface area contributed by atoms with Gasteiger partial charge < -0.3 is 19.9 Å². The summed E-state index contributed by atoms with van der Waals surface area (Å²) in [6.07, 6.45) is 4.37. The van der Waals surface area contributed by atoms with Gasteiger partial charge >= 0.3 is 5.97 Å². The minimum Gasteiger partial charge on any atom is -0.465 e. The van der Waals surface area contributed by atoms with Crippen LogP contribution in [0.25, 0.3) is 0 Å². The summed E-state index contributed by atoms with van der Waals surface area (Å²) in [5.74, 6) is 0.426. The van der Waals surface area contributed by atoms with Gasteiger partial charge in [-0.2, -0.15) is 0 Å². The molecule has 3 atom stereocenters. The first-order valence-electron chi connectivity index (χ1n) is 7.27. The summed E-state index contributed by atoms with van der Waals surface area (Å²) in [4.78, 5) is 11.1. The first kappa shape index (κ1) is 16.4. The quantitative estimate of drug-likeness (QED) is 0.648. The lowest BCUT2D eigenvalue weighted by Crippen LogP contribution is -2.35. The maximum atomic E-state index is 11.1. The van der Waals surface area contributed by atoms with Crippen molar-refractivity contribution in [3.05, 3.63) is 0 Å². The summed E-state index contributed by atoms with van der Waals surface area (Å²) in [6.45, 7) is 5.20. The number of rotatable bonds is 8. The SMILES string of the molecule is CCOC(=O)CNCC(O)COC1CCCC(C)C1. The van der Waals surface area contributed by atoms with Crippen molar-refractivity contribution in [2.75, 3.05) is 26.3 Å². The zero-order chi connectivity index (χ0) is 14.1. The molecule has 0 bridgehead atoms. The van der Waals surface area contributed by atoms with E-state index in [9.17, 15) is 9.90 Å². The number of carbonyl (C=O) groups excluding carboxylic acids is 1. The summed E-state index contributed by atoms with van der Waals surface area (Å²) >= 11 is 0. The minimum atomic E-state index is -0.577. The van der Waals surface area contributed by atoms with Crippen molar-refractivity contribution < 1.29 is 19.4 Å². The normalized spacial score (nSPS) is 25.0. The van der Waals surface area contributed by atoms with E-state index >= 15 is 0 Å². The Hall–Kier alpha value is -0.650. The third-order valence-corrected chi connectivity index (χ3v) is 3.37. The van der Waals surface area contributed by atoms with Gasteiger partial charge in [-0.3, -0.25) is 4.79 Å². The van der Waals surface area contributed by atoms with Gasteiger partial charge in [-0.15, -0.1) is 0 Å². The highest BCUT2D eigenvalue weighted by atomic mass is 16.5. The molecular weight excluding hydrogens is 246 g/mol. The number of esters is 1. The summed E-state index contributed by atoms with van der Waals surface area (Å²) in [5, 5.41) is 12.6. The van der Waals surface area contributed by atoms with Crippen LogP contribution in [0.4, 0.5) is 0 Å². The van der Waals surface area contributed by atoms with E-state index in [-0.39, 0.29) is 18.6 Å². The van der Waals surface area contributed by atoms with Crippen LogP contribution < -0.4 is 5.32 Å². The van der Waals surface area contributed by atoms with E-state index in [1.54, 1.807) is 6.92 Å². The standard InChI is InChI=1S/C14H27NO4/c1-3-18-14(17)9-15-8-12(16)10-19-13-6-4-5-11(2)7-13/h11-13,15-16H,3-10H2,1-2H3. The predicted molar refractivity (Wildman–Crippen MR) is 72.9 cm³/mol. The molecule has 0 aromatic rings. The molecule has 0 aromatic carbocycles. The van der Waals surface area contributed by atoms with Crippen molar-refractivity contribution in [2.45, 2.75) is 51.7 Å². The molecule has 1 fully saturated rings. The van der Waals surface area contributed by atoms with Crippen molar-refractivity contribution in [2.24, 2.45) is 5.92 Å². The molecule has 1 rings (SSSR count). The summed E-state index contributed by atoms with van der Waals surface area (Å²) in [5.41, 5.74) is 0. The van der Waals surface area contributed by atoms with E-state index in [2.05, 4.69) is 12.2 Å². The molecule has 3 unspecified atom stereocenters. The minimum absolute atomic E-state index is 0.130. The maximum absolute atomic E-state index is 11.1. The molecular formula is C14H27NO4. The first-order valence-corrected chi connectivity index (χ1v) is 7.27. The largest absolute Gasteiger partial charge is 0.465 e. The molecule has 0 spiro atoms. The Morgan fingerprint density at radius 1 is 1.47 bits per heavy atom. The Morgan fingerprint density at radius 2 is 2.26 bits per heavy atom. The Bertz CT molecular complexity index is 260. The van der Waals surface area contributed by atoms with E-state index in [4.69, 9.17) is 9.47 Å². The summed E-state index contributed by atoms with van der Waals surface area (Å²) in [6, 6.07) is 0. The van der Waals surface area contributed by atoms with Crippen LogP contribution in [0.15, 0.2) is 0 Å². The molecule has 0 radical (unpaired) electrons. The zero-order valence-corrected chi connectivity index (χ0v) is 12.1. The number of nitrogens with one attached hydrogen (secondary N) is 1. The number of aliphatic hydroxyl groups is 1. The second-order valence-corrected chi connectivity index (χ2v) is 5.32. The fraction of sp³-hybridized carbons (Fsp3) is 0.929. The summed E-state index contributed by atoms with van der Waals surface area (Å²) in [7, 11) is 0. The maximum Gasteiger partial charge on any atom is 0.319 e. The molecule has 0 amide bonds. The van der Waals surface area contributed by atoms with Gasteiger partial charge in [0.25, 0.3) is 0 Å². The smallest absolute Gasteiger partial charge is 0.319 e. The summed E-state index contributed by atoms with van der Waals surface area (Å²) < 4.78 is 10.5. The zero-order valence-electron chi connectivity index (χ0n) is 12.1. The topological polar surface area (TPSA) is 67.8 Å². The van der Waals surface area contributed by atoms with Crippen LogP contribution in [0.5, 0.6) is 0 Å². The molecule has 1 aliphatic carbocycles. The Kier molecular flexibility index (Phi) is 8.02. The van der Waals surface area contributed by atoms with Gasteiger partial charge in [0.1, 0.15) is 0 Å². The molecule has 1 saturated carbocycles. The average Bonchev–Trinajstić information content (AvgIpc) is 2.37. The van der Waals surface area contributed by atoms with E-state index in [1.807, 2.05) is 0 Å². The Morgan fingerprint density at radius 3 is 2.95 bits per heavy atom. The van der Waals surface area contributed by atoms with E-state index in [0.29, 0.717) is 19.8 Å². The van der Waals surface area contributed by atoms with Crippen LogP contribution >= 0.6 is 0 Å². The van der Waals surface area contributed by atoms with E-state index in [0.717, 1.165) is 18.8 Å². The monoisotopic (exact) mass is 273 g/mol. The highest BCUT2D eigenvalue weighted by molar-refractivity contribution is 5.71. The highest BCUT2D eigenvalue weighted by Crippen LogP contribution is 2.25. The van der Waals surface area contributed by atoms with Crippen LogP contribution in [0.2, 0.25) is 0 Å². The molecule has 5 nitrogen and oxygen atoms in total. The van der Waals surface area contributed by atoms with Gasteiger partial charge in [0.2, 0.25) is 0 Å². The second-order valence-electron chi connectivity index (χ2n) is 5.32. The van der Waals surface area contributed by atoms with Crippen LogP contribution in [0.1, 0.15) is 39.5 Å². The van der Waals surface area contributed by atoms with E-state index < -0.39 is 6.10 Å². The molecule has 1 aliphatic rings. The molecule has 19 heavy (non-hydrogen) atoms. The van der Waals surface area contributed by atoms with Gasteiger partial charge in [-0.1, -0.05) is 19.8 Å². The average molecular weight is 273 g/mol. The molecule has 5 heteroatoms. The molecule has 0 aromatic heterocycles. The van der Waals surface area contributed by atoms with Gasteiger partial charge in [0, 0.05) is 6.54 Å². The first-order chi connectivity index (χ1) is 9.11. The van der Waals surface area contributed by atoms with E-state index in [1.165, 1.54) is 12.8 Å². The Labute approximate surface area is 115 Å². The van der Waals surface area contributed by atoms with Crippen molar-refractivity contribution in [1.82, 2.24) is 5.32 Å². The number of aliphatic hydroxyl groups excluding tert-OH is 1. The number of hydrogen-bond acceptors (Lipinski definition) is 5. The second kappa shape index (κ2) is 9.28. The van der Waals surface area contributed by atoms with Crippen LogP contribution in [-0.4, -0.2) is 49.6 Å². The lowest BCUT2D eigenvalue weighted by Gasteiger charge is -2.27. The molecule has 2 N–H and O–H groups in total. The Balaban J connectivity index is 2.04. The van der Waals surface area contributed by atoms with Gasteiger partial charge in [-0.25, -0.2) is 0 Å². The third-order valence-electron chi connectivity index (χ3n) is 3.37. The lowest BCUT2D eigenvalue weighted by atomic mass is 9.89. The van der Waals surface area contributed by atoms with Crippen LogP contribution in [0.3, 0.4) is 0 Å². The highest BCUT2D eigenvalue weighted by Gasteiger charge is 2.20. The predicted octanol–water partition coefficient (Wildman–Crippen LogP) is 1.10. The van der Waals surface area contributed by atoms with Gasteiger partial charge in [0.05, 0.1) is 32.0 Å². The van der Waals surface area contributed by atoms with Crippen LogP contribution in [-0.2, 0) is 14.3 Å². The van der Waals surface area contributed by atoms with Crippen molar-refractivity contribution >= 4 is 5.97 Å². The fourth-order valence-corrected chi connectivity index (χ4v) is 2.39. The number of carbonyl (C=O) groups is 1. The van der Waals surface area contributed by atoms with Crippen molar-refractivity contribution in [3.63, 3.8) is 0 Å². The fourth-order valence-electron chi connectivity index (χ4n) is 2.39. The third kappa shape index (κ3) is 7.50. The number of ether oxygens (including phenoxy) is 2.